The number of nitrogens with zero attached hydrogens (tertiary/aromatic N) is 1. The molecule has 0 aliphatic carbocycles. The van der Waals surface area contributed by atoms with Crippen molar-refractivity contribution in [1.82, 2.24) is 10.2 Å². The second-order valence-corrected chi connectivity index (χ2v) is 6.78. The zero-order valence-corrected chi connectivity index (χ0v) is 16.3. The smallest absolute Gasteiger partial charge is 0.0454 e. The average Bonchev–Trinajstić information content (AvgIpc) is 2.43. The summed E-state index contributed by atoms with van der Waals surface area (Å²) < 4.78 is 0. The largest absolute Gasteiger partial charge is 0.314 e. The highest BCUT2D eigenvalue weighted by atomic mass is 35.5. The molecule has 128 valence electrons. The number of halogens is 4. The minimum Gasteiger partial charge on any atom is -0.314 e. The monoisotopic (exact) mass is 386 g/mol. The summed E-state index contributed by atoms with van der Waals surface area (Å²) in [4.78, 5) is 2.54. The van der Waals surface area contributed by atoms with E-state index in [1.165, 1.54) is 12.0 Å². The molecule has 0 saturated carbocycles. The van der Waals surface area contributed by atoms with Gasteiger partial charge in [0.15, 0.2) is 0 Å². The molecule has 0 radical (unpaired) electrons. The van der Waals surface area contributed by atoms with E-state index in [-0.39, 0.29) is 24.8 Å². The SMILES string of the molecule is CC(C)CC[C@@H](c1cc(Cl)ccc1Cl)N1CCNCC1.Cl.Cl. The van der Waals surface area contributed by atoms with Crippen molar-refractivity contribution in [3.63, 3.8) is 0 Å². The normalized spacial score (nSPS) is 16.8. The summed E-state index contributed by atoms with van der Waals surface area (Å²) in [6.45, 7) is 8.80. The molecule has 0 unspecified atom stereocenters. The Kier molecular flexibility index (Phi) is 11.1. The zero-order chi connectivity index (χ0) is 14.5. The van der Waals surface area contributed by atoms with Gasteiger partial charge in [-0.15, -0.1) is 24.8 Å². The number of hydrogen-bond donors (Lipinski definition) is 1. The van der Waals surface area contributed by atoms with Gasteiger partial charge in [0.25, 0.3) is 0 Å². The van der Waals surface area contributed by atoms with E-state index in [1.807, 2.05) is 18.2 Å². The van der Waals surface area contributed by atoms with Gasteiger partial charge in [0, 0.05) is 42.3 Å². The van der Waals surface area contributed by atoms with Gasteiger partial charge in [-0.3, -0.25) is 4.90 Å². The Morgan fingerprint density at radius 2 is 1.73 bits per heavy atom. The Balaban J connectivity index is 0.00000220. The first-order valence-corrected chi connectivity index (χ1v) is 8.23. The van der Waals surface area contributed by atoms with E-state index in [4.69, 9.17) is 23.2 Å². The summed E-state index contributed by atoms with van der Waals surface area (Å²) in [6, 6.07) is 6.21. The molecule has 1 aliphatic heterocycles. The lowest BCUT2D eigenvalue weighted by molar-refractivity contribution is 0.160. The molecule has 1 aromatic carbocycles. The van der Waals surface area contributed by atoms with Crippen LogP contribution >= 0.6 is 48.0 Å². The molecule has 1 fully saturated rings. The van der Waals surface area contributed by atoms with Crippen LogP contribution in [0, 0.1) is 5.92 Å². The number of piperazine rings is 1. The van der Waals surface area contributed by atoms with Gasteiger partial charge in [0.1, 0.15) is 0 Å². The maximum atomic E-state index is 6.42. The van der Waals surface area contributed by atoms with Crippen LogP contribution in [-0.2, 0) is 0 Å². The van der Waals surface area contributed by atoms with Crippen molar-refractivity contribution in [3.8, 4) is 0 Å². The molecule has 2 nitrogen and oxygen atoms in total. The van der Waals surface area contributed by atoms with Gasteiger partial charge in [-0.25, -0.2) is 0 Å². The molecule has 0 amide bonds. The Morgan fingerprint density at radius 3 is 2.32 bits per heavy atom. The Morgan fingerprint density at radius 1 is 1.09 bits per heavy atom. The van der Waals surface area contributed by atoms with Crippen molar-refractivity contribution in [2.75, 3.05) is 26.2 Å². The third-order valence-corrected chi connectivity index (χ3v) is 4.51. The standard InChI is InChI=1S/C16H24Cl2N2.2ClH/c1-12(2)3-6-16(20-9-7-19-8-10-20)14-11-13(17)4-5-15(14)18;;/h4-5,11-12,16,19H,3,6-10H2,1-2H3;2*1H/t16-;;/m0../s1. The van der Waals surface area contributed by atoms with E-state index < -0.39 is 0 Å². The number of hydrogen-bond acceptors (Lipinski definition) is 2. The average molecular weight is 388 g/mol. The van der Waals surface area contributed by atoms with E-state index in [2.05, 4.69) is 24.1 Å². The van der Waals surface area contributed by atoms with Gasteiger partial charge in [0.2, 0.25) is 0 Å². The Bertz CT molecular complexity index is 434. The highest BCUT2D eigenvalue weighted by Crippen LogP contribution is 2.34. The van der Waals surface area contributed by atoms with Crippen LogP contribution in [0.1, 0.15) is 38.3 Å². The molecule has 0 spiro atoms. The quantitative estimate of drug-likeness (QED) is 0.744. The third-order valence-electron chi connectivity index (χ3n) is 3.93. The van der Waals surface area contributed by atoms with Crippen LogP contribution in [-0.4, -0.2) is 31.1 Å². The summed E-state index contributed by atoms with van der Waals surface area (Å²) in [5.74, 6) is 0.707. The first-order valence-electron chi connectivity index (χ1n) is 7.47. The molecule has 1 heterocycles. The van der Waals surface area contributed by atoms with E-state index in [0.717, 1.165) is 42.6 Å². The van der Waals surface area contributed by atoms with Crippen molar-refractivity contribution < 1.29 is 0 Å². The maximum Gasteiger partial charge on any atom is 0.0454 e. The van der Waals surface area contributed by atoms with Gasteiger partial charge in [-0.1, -0.05) is 37.0 Å². The van der Waals surface area contributed by atoms with Crippen molar-refractivity contribution in [2.45, 2.75) is 32.7 Å². The fraction of sp³-hybridized carbons (Fsp3) is 0.625. The van der Waals surface area contributed by atoms with E-state index in [9.17, 15) is 0 Å². The fourth-order valence-corrected chi connectivity index (χ4v) is 3.21. The van der Waals surface area contributed by atoms with Crippen LogP contribution in [0.3, 0.4) is 0 Å². The second-order valence-electron chi connectivity index (χ2n) is 5.94. The van der Waals surface area contributed by atoms with Gasteiger partial charge < -0.3 is 5.32 Å². The predicted octanol–water partition coefficient (Wildman–Crippen LogP) is 5.22. The molecule has 0 aromatic heterocycles. The molecule has 1 N–H and O–H groups in total. The minimum absolute atomic E-state index is 0. The van der Waals surface area contributed by atoms with Crippen molar-refractivity contribution in [3.05, 3.63) is 33.8 Å². The molecule has 6 heteroatoms. The van der Waals surface area contributed by atoms with Crippen molar-refractivity contribution in [1.29, 1.82) is 0 Å². The Labute approximate surface area is 156 Å². The molecule has 1 saturated heterocycles. The van der Waals surface area contributed by atoms with Gasteiger partial charge in [-0.2, -0.15) is 0 Å². The second kappa shape index (κ2) is 11.0. The van der Waals surface area contributed by atoms with Crippen LogP contribution in [0.4, 0.5) is 0 Å². The first kappa shape index (κ1) is 22.3. The molecule has 1 aliphatic rings. The molecule has 1 atom stereocenters. The number of nitrogens with one attached hydrogen (secondary N) is 1. The third kappa shape index (κ3) is 6.43. The zero-order valence-electron chi connectivity index (χ0n) is 13.1. The number of benzene rings is 1. The molecular formula is C16H26Cl4N2. The van der Waals surface area contributed by atoms with E-state index in [0.29, 0.717) is 12.0 Å². The fourth-order valence-electron chi connectivity index (χ4n) is 2.79. The van der Waals surface area contributed by atoms with Crippen LogP contribution in [0.5, 0.6) is 0 Å². The topological polar surface area (TPSA) is 15.3 Å². The molecule has 22 heavy (non-hydrogen) atoms. The van der Waals surface area contributed by atoms with Crippen LogP contribution in [0.15, 0.2) is 18.2 Å². The lowest BCUT2D eigenvalue weighted by atomic mass is 9.95. The summed E-state index contributed by atoms with van der Waals surface area (Å²) in [7, 11) is 0. The van der Waals surface area contributed by atoms with Gasteiger partial charge in [0.05, 0.1) is 0 Å². The molecule has 2 rings (SSSR count). The summed E-state index contributed by atoms with van der Waals surface area (Å²) in [6.07, 6.45) is 2.34. The first-order chi connectivity index (χ1) is 9.58. The van der Waals surface area contributed by atoms with Gasteiger partial charge >= 0.3 is 0 Å². The van der Waals surface area contributed by atoms with E-state index in [1.54, 1.807) is 0 Å². The van der Waals surface area contributed by atoms with E-state index >= 15 is 0 Å². The highest BCUT2D eigenvalue weighted by Gasteiger charge is 2.24. The molecular weight excluding hydrogens is 362 g/mol. The highest BCUT2D eigenvalue weighted by molar-refractivity contribution is 6.33. The lowest BCUT2D eigenvalue weighted by Crippen LogP contribution is -2.45. The summed E-state index contributed by atoms with van der Waals surface area (Å²) in [5, 5.41) is 5.02. The lowest BCUT2D eigenvalue weighted by Gasteiger charge is -2.36. The maximum absolute atomic E-state index is 6.42. The number of rotatable bonds is 5. The van der Waals surface area contributed by atoms with Crippen molar-refractivity contribution in [2.24, 2.45) is 5.92 Å². The predicted molar refractivity (Wildman–Crippen MR) is 102 cm³/mol. The van der Waals surface area contributed by atoms with Crippen molar-refractivity contribution >= 4 is 48.0 Å². The van der Waals surface area contributed by atoms with Crippen LogP contribution in [0.25, 0.3) is 0 Å². The van der Waals surface area contributed by atoms with Crippen LogP contribution in [0.2, 0.25) is 10.0 Å². The van der Waals surface area contributed by atoms with Crippen LogP contribution < -0.4 is 5.32 Å². The summed E-state index contributed by atoms with van der Waals surface area (Å²) in [5.41, 5.74) is 1.18. The molecule has 1 aromatic rings. The Hall–Kier alpha value is 0.300. The minimum atomic E-state index is 0. The molecule has 0 bridgehead atoms. The summed E-state index contributed by atoms with van der Waals surface area (Å²) >= 11 is 12.6. The van der Waals surface area contributed by atoms with Gasteiger partial charge in [-0.05, 0) is 42.5 Å².